The average Bonchev–Trinajstić information content (AvgIpc) is 2.52. The lowest BCUT2D eigenvalue weighted by molar-refractivity contribution is -0.137. The molecule has 2 rings (SSSR count). The van der Waals surface area contributed by atoms with Crippen LogP contribution in [0.15, 0.2) is 0 Å². The molecule has 0 aliphatic carbocycles. The van der Waals surface area contributed by atoms with E-state index >= 15 is 0 Å². The molecule has 2 fully saturated rings. The number of rotatable bonds is 4. The van der Waals surface area contributed by atoms with Gasteiger partial charge in [0.2, 0.25) is 11.8 Å². The number of hydrogen-bond acceptors (Lipinski definition) is 3. The zero-order valence-corrected chi connectivity index (χ0v) is 14.1. The van der Waals surface area contributed by atoms with E-state index in [0.717, 1.165) is 45.3 Å². The number of piperidine rings is 2. The van der Waals surface area contributed by atoms with Gasteiger partial charge in [-0.2, -0.15) is 0 Å². The Kier molecular flexibility index (Phi) is 6.24. The van der Waals surface area contributed by atoms with Crippen LogP contribution in [0, 0.1) is 11.8 Å². The highest BCUT2D eigenvalue weighted by atomic mass is 16.2. The quantitative estimate of drug-likeness (QED) is 0.858. The molecule has 0 spiro atoms. The van der Waals surface area contributed by atoms with Crippen LogP contribution in [0.1, 0.15) is 52.4 Å². The van der Waals surface area contributed by atoms with Gasteiger partial charge in [0.25, 0.3) is 0 Å². The molecular formula is C17H31N3O2. The number of likely N-dealkylation sites (tertiary alicyclic amines) is 2. The first-order valence-electron chi connectivity index (χ1n) is 8.78. The zero-order valence-electron chi connectivity index (χ0n) is 14.1. The van der Waals surface area contributed by atoms with Crippen LogP contribution in [0.5, 0.6) is 0 Å². The second kappa shape index (κ2) is 7.95. The van der Waals surface area contributed by atoms with Gasteiger partial charge in [-0.3, -0.25) is 9.59 Å². The van der Waals surface area contributed by atoms with E-state index in [1.54, 1.807) is 6.92 Å². The first-order valence-corrected chi connectivity index (χ1v) is 8.78. The Morgan fingerprint density at radius 2 is 1.82 bits per heavy atom. The Morgan fingerprint density at radius 1 is 1.14 bits per heavy atom. The molecule has 2 heterocycles. The van der Waals surface area contributed by atoms with Crippen LogP contribution in [0.3, 0.4) is 0 Å². The Labute approximate surface area is 134 Å². The predicted molar refractivity (Wildman–Crippen MR) is 87.2 cm³/mol. The standard InChI is InChI=1S/C17H31N3O2/c1-13-4-3-9-20(16(13)12-18)17(22)6-5-15-7-10-19(11-8-15)14(2)21/h13,15-16H,3-12,18H2,1-2H3. The van der Waals surface area contributed by atoms with Crippen LogP contribution in [0.4, 0.5) is 0 Å². The van der Waals surface area contributed by atoms with Crippen LogP contribution >= 0.6 is 0 Å². The fraction of sp³-hybridized carbons (Fsp3) is 0.882. The third-order valence-corrected chi connectivity index (χ3v) is 5.50. The van der Waals surface area contributed by atoms with Crippen LogP contribution in [-0.2, 0) is 9.59 Å². The number of carbonyl (C=O) groups excluding carboxylic acids is 2. The lowest BCUT2D eigenvalue weighted by Gasteiger charge is -2.40. The molecule has 0 radical (unpaired) electrons. The zero-order chi connectivity index (χ0) is 16.1. The predicted octanol–water partition coefficient (Wildman–Crippen LogP) is 1.61. The Hall–Kier alpha value is -1.10. The Morgan fingerprint density at radius 3 is 2.41 bits per heavy atom. The molecule has 2 aliphatic rings. The molecule has 2 unspecified atom stereocenters. The van der Waals surface area contributed by atoms with Gasteiger partial charge in [-0.05, 0) is 43.9 Å². The van der Waals surface area contributed by atoms with Crippen molar-refractivity contribution in [2.24, 2.45) is 17.6 Å². The van der Waals surface area contributed by atoms with E-state index in [1.807, 2.05) is 9.80 Å². The third-order valence-electron chi connectivity index (χ3n) is 5.50. The highest BCUT2D eigenvalue weighted by Gasteiger charge is 2.31. The maximum atomic E-state index is 12.5. The van der Waals surface area contributed by atoms with Gasteiger partial charge in [0, 0.05) is 45.6 Å². The normalized spacial score (nSPS) is 27.0. The molecule has 22 heavy (non-hydrogen) atoms. The van der Waals surface area contributed by atoms with Crippen molar-refractivity contribution in [2.75, 3.05) is 26.2 Å². The summed E-state index contributed by atoms with van der Waals surface area (Å²) in [7, 11) is 0. The van der Waals surface area contributed by atoms with Gasteiger partial charge in [-0.1, -0.05) is 6.92 Å². The third kappa shape index (κ3) is 4.22. The number of amides is 2. The maximum absolute atomic E-state index is 12.5. The van der Waals surface area contributed by atoms with Crippen LogP contribution in [-0.4, -0.2) is 53.8 Å². The summed E-state index contributed by atoms with van der Waals surface area (Å²) in [4.78, 5) is 27.8. The average molecular weight is 309 g/mol. The molecule has 0 aromatic heterocycles. The van der Waals surface area contributed by atoms with Crippen molar-refractivity contribution >= 4 is 11.8 Å². The second-order valence-corrected chi connectivity index (χ2v) is 7.00. The van der Waals surface area contributed by atoms with E-state index in [-0.39, 0.29) is 17.9 Å². The van der Waals surface area contributed by atoms with Gasteiger partial charge in [0.15, 0.2) is 0 Å². The summed E-state index contributed by atoms with van der Waals surface area (Å²) in [6, 6.07) is 0.223. The number of hydrogen-bond donors (Lipinski definition) is 1. The lowest BCUT2D eigenvalue weighted by Crippen LogP contribution is -2.51. The molecule has 2 aliphatic heterocycles. The smallest absolute Gasteiger partial charge is 0.222 e. The van der Waals surface area contributed by atoms with Crippen LogP contribution in [0.25, 0.3) is 0 Å². The van der Waals surface area contributed by atoms with E-state index in [2.05, 4.69) is 6.92 Å². The minimum Gasteiger partial charge on any atom is -0.343 e. The van der Waals surface area contributed by atoms with Gasteiger partial charge < -0.3 is 15.5 Å². The molecule has 2 amide bonds. The molecule has 2 atom stereocenters. The van der Waals surface area contributed by atoms with E-state index in [0.29, 0.717) is 24.8 Å². The Balaban J connectivity index is 1.77. The van der Waals surface area contributed by atoms with Gasteiger partial charge >= 0.3 is 0 Å². The minimum atomic E-state index is 0.169. The first kappa shape index (κ1) is 17.3. The van der Waals surface area contributed by atoms with Crippen molar-refractivity contribution < 1.29 is 9.59 Å². The monoisotopic (exact) mass is 309 g/mol. The highest BCUT2D eigenvalue weighted by Crippen LogP contribution is 2.26. The van der Waals surface area contributed by atoms with Crippen molar-refractivity contribution in [3.63, 3.8) is 0 Å². The van der Waals surface area contributed by atoms with E-state index in [9.17, 15) is 9.59 Å². The summed E-state index contributed by atoms with van der Waals surface area (Å²) < 4.78 is 0. The van der Waals surface area contributed by atoms with Gasteiger partial charge in [0.05, 0.1) is 0 Å². The molecular weight excluding hydrogens is 278 g/mol. The van der Waals surface area contributed by atoms with Crippen molar-refractivity contribution in [3.8, 4) is 0 Å². The number of nitrogens with zero attached hydrogens (tertiary/aromatic N) is 2. The van der Waals surface area contributed by atoms with Gasteiger partial charge in [-0.15, -0.1) is 0 Å². The SMILES string of the molecule is CC(=O)N1CCC(CCC(=O)N2CCCC(C)C2CN)CC1. The van der Waals surface area contributed by atoms with E-state index < -0.39 is 0 Å². The fourth-order valence-electron chi connectivity index (χ4n) is 3.93. The Bertz CT molecular complexity index is 391. The summed E-state index contributed by atoms with van der Waals surface area (Å²) in [5.74, 6) is 1.54. The topological polar surface area (TPSA) is 66.6 Å². The summed E-state index contributed by atoms with van der Waals surface area (Å²) >= 11 is 0. The number of carbonyl (C=O) groups is 2. The van der Waals surface area contributed by atoms with Crippen molar-refractivity contribution in [3.05, 3.63) is 0 Å². The molecule has 126 valence electrons. The second-order valence-electron chi connectivity index (χ2n) is 7.00. The molecule has 5 nitrogen and oxygen atoms in total. The van der Waals surface area contributed by atoms with Crippen molar-refractivity contribution in [1.29, 1.82) is 0 Å². The molecule has 0 aromatic rings. The molecule has 0 saturated carbocycles. The molecule has 5 heteroatoms. The minimum absolute atomic E-state index is 0.169. The van der Waals surface area contributed by atoms with Crippen molar-refractivity contribution in [2.45, 2.75) is 58.4 Å². The highest BCUT2D eigenvalue weighted by molar-refractivity contribution is 5.76. The van der Waals surface area contributed by atoms with Crippen molar-refractivity contribution in [1.82, 2.24) is 9.80 Å². The van der Waals surface area contributed by atoms with Gasteiger partial charge in [0.1, 0.15) is 0 Å². The summed E-state index contributed by atoms with van der Waals surface area (Å²) in [6.45, 7) is 6.97. The van der Waals surface area contributed by atoms with Crippen LogP contribution in [0.2, 0.25) is 0 Å². The molecule has 0 bridgehead atoms. The summed E-state index contributed by atoms with van der Waals surface area (Å²) in [5, 5.41) is 0. The van der Waals surface area contributed by atoms with Crippen LogP contribution < -0.4 is 5.73 Å². The maximum Gasteiger partial charge on any atom is 0.222 e. The molecule has 2 N–H and O–H groups in total. The number of nitrogens with two attached hydrogens (primary N) is 1. The summed E-state index contributed by atoms with van der Waals surface area (Å²) in [5.41, 5.74) is 5.87. The fourth-order valence-corrected chi connectivity index (χ4v) is 3.93. The first-order chi connectivity index (χ1) is 10.5. The van der Waals surface area contributed by atoms with Gasteiger partial charge in [-0.25, -0.2) is 0 Å². The van der Waals surface area contributed by atoms with E-state index in [4.69, 9.17) is 5.73 Å². The largest absolute Gasteiger partial charge is 0.343 e. The summed E-state index contributed by atoms with van der Waals surface area (Å²) in [6.07, 6.45) is 5.92. The lowest BCUT2D eigenvalue weighted by atomic mass is 9.89. The molecule has 2 saturated heterocycles. The molecule has 0 aromatic carbocycles. The van der Waals surface area contributed by atoms with E-state index in [1.165, 1.54) is 6.42 Å².